The Kier molecular flexibility index (Phi) is 6.42. The van der Waals surface area contributed by atoms with Gasteiger partial charge in [0.05, 0.1) is 6.10 Å². The smallest absolute Gasteiger partial charge is 0.246 e. The summed E-state index contributed by atoms with van der Waals surface area (Å²) in [5.41, 5.74) is 5.65. The SMILES string of the molecule is CCCCNC(=O)COC1CCCC1CN. The minimum absolute atomic E-state index is 0.00359. The van der Waals surface area contributed by atoms with Gasteiger partial charge in [0.15, 0.2) is 0 Å². The molecule has 2 unspecified atom stereocenters. The first-order chi connectivity index (χ1) is 7.77. The van der Waals surface area contributed by atoms with E-state index in [2.05, 4.69) is 12.2 Å². The van der Waals surface area contributed by atoms with Crippen LogP contribution in [0.1, 0.15) is 39.0 Å². The first-order valence-electron chi connectivity index (χ1n) is 6.36. The lowest BCUT2D eigenvalue weighted by Crippen LogP contribution is -2.33. The number of rotatable bonds is 7. The van der Waals surface area contributed by atoms with Crippen molar-refractivity contribution in [1.29, 1.82) is 0 Å². The molecule has 0 radical (unpaired) electrons. The molecule has 0 saturated heterocycles. The Morgan fingerprint density at radius 3 is 3.00 bits per heavy atom. The fourth-order valence-electron chi connectivity index (χ4n) is 2.13. The predicted molar refractivity (Wildman–Crippen MR) is 64.1 cm³/mol. The van der Waals surface area contributed by atoms with Gasteiger partial charge in [-0.3, -0.25) is 4.79 Å². The summed E-state index contributed by atoms with van der Waals surface area (Å²) in [5.74, 6) is 0.444. The van der Waals surface area contributed by atoms with Gasteiger partial charge in [0.2, 0.25) is 5.91 Å². The van der Waals surface area contributed by atoms with Crippen LogP contribution >= 0.6 is 0 Å². The second-order valence-electron chi connectivity index (χ2n) is 4.48. The number of carbonyl (C=O) groups is 1. The molecule has 1 aliphatic rings. The zero-order chi connectivity index (χ0) is 11.8. The van der Waals surface area contributed by atoms with Gasteiger partial charge in [-0.05, 0) is 31.7 Å². The number of carbonyl (C=O) groups excluding carboxylic acids is 1. The quantitative estimate of drug-likeness (QED) is 0.640. The average Bonchev–Trinajstić information content (AvgIpc) is 2.74. The third-order valence-electron chi connectivity index (χ3n) is 3.17. The van der Waals surface area contributed by atoms with Crippen molar-refractivity contribution < 1.29 is 9.53 Å². The van der Waals surface area contributed by atoms with E-state index in [1.165, 1.54) is 6.42 Å². The maximum absolute atomic E-state index is 11.4. The van der Waals surface area contributed by atoms with E-state index in [1.54, 1.807) is 0 Å². The van der Waals surface area contributed by atoms with Gasteiger partial charge in [-0.25, -0.2) is 0 Å². The molecule has 1 rings (SSSR count). The van der Waals surface area contributed by atoms with Crippen LogP contribution in [0, 0.1) is 5.92 Å². The number of hydrogen-bond acceptors (Lipinski definition) is 3. The summed E-state index contributed by atoms with van der Waals surface area (Å²) in [6, 6.07) is 0. The highest BCUT2D eigenvalue weighted by atomic mass is 16.5. The lowest BCUT2D eigenvalue weighted by Gasteiger charge is -2.18. The van der Waals surface area contributed by atoms with Gasteiger partial charge in [-0.1, -0.05) is 19.8 Å². The molecule has 4 heteroatoms. The fraction of sp³-hybridized carbons (Fsp3) is 0.917. The molecule has 0 aromatic carbocycles. The molecule has 94 valence electrons. The summed E-state index contributed by atoms with van der Waals surface area (Å²) in [5, 5.41) is 2.85. The van der Waals surface area contributed by atoms with Crippen molar-refractivity contribution in [2.45, 2.75) is 45.1 Å². The van der Waals surface area contributed by atoms with Gasteiger partial charge < -0.3 is 15.8 Å². The van der Waals surface area contributed by atoms with Crippen LogP contribution in [0.2, 0.25) is 0 Å². The van der Waals surface area contributed by atoms with Gasteiger partial charge in [0.25, 0.3) is 0 Å². The highest BCUT2D eigenvalue weighted by molar-refractivity contribution is 5.77. The molecule has 0 spiro atoms. The van der Waals surface area contributed by atoms with Crippen LogP contribution in [0.15, 0.2) is 0 Å². The highest BCUT2D eigenvalue weighted by Crippen LogP contribution is 2.27. The Labute approximate surface area is 97.9 Å². The number of hydrogen-bond donors (Lipinski definition) is 2. The fourth-order valence-corrected chi connectivity index (χ4v) is 2.13. The van der Waals surface area contributed by atoms with E-state index in [9.17, 15) is 4.79 Å². The van der Waals surface area contributed by atoms with E-state index in [1.807, 2.05) is 0 Å². The summed E-state index contributed by atoms with van der Waals surface area (Å²) in [6.45, 7) is 3.71. The van der Waals surface area contributed by atoms with E-state index in [-0.39, 0.29) is 18.6 Å². The van der Waals surface area contributed by atoms with Gasteiger partial charge >= 0.3 is 0 Å². The van der Waals surface area contributed by atoms with E-state index in [4.69, 9.17) is 10.5 Å². The second kappa shape index (κ2) is 7.63. The molecule has 0 bridgehead atoms. The van der Waals surface area contributed by atoms with Crippen LogP contribution in [0.3, 0.4) is 0 Å². The molecule has 0 aromatic heterocycles. The van der Waals surface area contributed by atoms with Crippen molar-refractivity contribution in [3.05, 3.63) is 0 Å². The Morgan fingerprint density at radius 1 is 1.50 bits per heavy atom. The molecule has 0 aliphatic heterocycles. The highest BCUT2D eigenvalue weighted by Gasteiger charge is 2.27. The minimum atomic E-state index is -0.00359. The molecular weight excluding hydrogens is 204 g/mol. The van der Waals surface area contributed by atoms with Gasteiger partial charge in [0, 0.05) is 6.54 Å². The third kappa shape index (κ3) is 4.49. The average molecular weight is 228 g/mol. The number of ether oxygens (including phenoxy) is 1. The Hall–Kier alpha value is -0.610. The van der Waals surface area contributed by atoms with Crippen LogP contribution < -0.4 is 11.1 Å². The third-order valence-corrected chi connectivity index (χ3v) is 3.17. The van der Waals surface area contributed by atoms with Crippen molar-refractivity contribution >= 4 is 5.91 Å². The van der Waals surface area contributed by atoms with Crippen LogP contribution in [-0.2, 0) is 9.53 Å². The summed E-state index contributed by atoms with van der Waals surface area (Å²) < 4.78 is 5.61. The van der Waals surface area contributed by atoms with Crippen molar-refractivity contribution in [3.63, 3.8) is 0 Å². The largest absolute Gasteiger partial charge is 0.368 e. The lowest BCUT2D eigenvalue weighted by molar-refractivity contribution is -0.128. The summed E-state index contributed by atoms with van der Waals surface area (Å²) in [6.07, 6.45) is 5.67. The summed E-state index contributed by atoms with van der Waals surface area (Å²) >= 11 is 0. The van der Waals surface area contributed by atoms with Gasteiger partial charge in [0.1, 0.15) is 6.61 Å². The molecule has 0 heterocycles. The van der Waals surface area contributed by atoms with Crippen molar-refractivity contribution in [3.8, 4) is 0 Å². The first kappa shape index (κ1) is 13.5. The van der Waals surface area contributed by atoms with Gasteiger partial charge in [-0.2, -0.15) is 0 Å². The number of amides is 1. The molecule has 2 atom stereocenters. The number of unbranched alkanes of at least 4 members (excludes halogenated alkanes) is 1. The Morgan fingerprint density at radius 2 is 2.31 bits per heavy atom. The summed E-state index contributed by atoms with van der Waals surface area (Å²) in [7, 11) is 0. The zero-order valence-electron chi connectivity index (χ0n) is 10.2. The van der Waals surface area contributed by atoms with Crippen molar-refractivity contribution in [2.24, 2.45) is 11.7 Å². The standard InChI is InChI=1S/C12H24N2O2/c1-2-3-7-14-12(15)9-16-11-6-4-5-10(11)8-13/h10-11H,2-9,13H2,1H3,(H,14,15). The second-order valence-corrected chi connectivity index (χ2v) is 4.48. The molecule has 3 N–H and O–H groups in total. The van der Waals surface area contributed by atoms with Gasteiger partial charge in [-0.15, -0.1) is 0 Å². The minimum Gasteiger partial charge on any atom is -0.368 e. The normalized spacial score (nSPS) is 24.6. The van der Waals surface area contributed by atoms with Crippen molar-refractivity contribution in [2.75, 3.05) is 19.7 Å². The maximum Gasteiger partial charge on any atom is 0.246 e. The van der Waals surface area contributed by atoms with Crippen LogP contribution in [0.25, 0.3) is 0 Å². The Bertz CT molecular complexity index is 209. The van der Waals surface area contributed by atoms with Crippen LogP contribution in [0.4, 0.5) is 0 Å². The molecule has 1 amide bonds. The molecular formula is C12H24N2O2. The van der Waals surface area contributed by atoms with Crippen LogP contribution in [-0.4, -0.2) is 31.7 Å². The number of nitrogens with one attached hydrogen (secondary N) is 1. The van der Waals surface area contributed by atoms with E-state index >= 15 is 0 Å². The topological polar surface area (TPSA) is 64.3 Å². The monoisotopic (exact) mass is 228 g/mol. The van der Waals surface area contributed by atoms with E-state index in [0.717, 1.165) is 32.2 Å². The predicted octanol–water partition coefficient (Wildman–Crippen LogP) is 1.05. The summed E-state index contributed by atoms with van der Waals surface area (Å²) in [4.78, 5) is 11.4. The molecule has 1 fully saturated rings. The molecule has 1 saturated carbocycles. The molecule has 0 aromatic rings. The van der Waals surface area contributed by atoms with Crippen LogP contribution in [0.5, 0.6) is 0 Å². The molecule has 16 heavy (non-hydrogen) atoms. The Balaban J connectivity index is 2.11. The molecule has 4 nitrogen and oxygen atoms in total. The lowest BCUT2D eigenvalue weighted by atomic mass is 10.1. The molecule has 1 aliphatic carbocycles. The van der Waals surface area contributed by atoms with E-state index < -0.39 is 0 Å². The van der Waals surface area contributed by atoms with E-state index in [0.29, 0.717) is 12.5 Å². The first-order valence-corrected chi connectivity index (χ1v) is 6.36. The van der Waals surface area contributed by atoms with Crippen molar-refractivity contribution in [1.82, 2.24) is 5.32 Å². The zero-order valence-corrected chi connectivity index (χ0v) is 10.2. The maximum atomic E-state index is 11.4. The number of nitrogens with two attached hydrogens (primary N) is 1.